The number of methoxy groups -OCH3 is 1. The normalized spacial score (nSPS) is 12.4. The average Bonchev–Trinajstić information content (AvgIpc) is 2.92. The van der Waals surface area contributed by atoms with Crippen molar-refractivity contribution in [2.45, 2.75) is 19.4 Å². The number of aromatic amines is 1. The molecule has 1 heterocycles. The summed E-state index contributed by atoms with van der Waals surface area (Å²) in [4.78, 5) is 7.22. The molecule has 0 saturated heterocycles. The third kappa shape index (κ3) is 3.54. The molecule has 1 aromatic carbocycles. The van der Waals surface area contributed by atoms with E-state index in [0.29, 0.717) is 0 Å². The number of ether oxygens (including phenoxy) is 1. The Morgan fingerprint density at radius 2 is 2.32 bits per heavy atom. The van der Waals surface area contributed by atoms with Gasteiger partial charge >= 0.3 is 0 Å². The molecular weight excluding hydrogens is 245 g/mol. The molecule has 2 aromatic rings. The molecule has 0 saturated carbocycles. The van der Waals surface area contributed by atoms with Gasteiger partial charge < -0.3 is 15.0 Å². The number of aromatic nitrogens is 2. The summed E-state index contributed by atoms with van der Waals surface area (Å²) in [5.74, 6) is 0.891. The highest BCUT2D eigenvalue weighted by Crippen LogP contribution is 2.22. The van der Waals surface area contributed by atoms with Crippen LogP contribution in [0.15, 0.2) is 30.6 Å². The molecule has 2 rings (SSSR count). The second kappa shape index (κ2) is 6.33. The van der Waals surface area contributed by atoms with E-state index in [1.54, 1.807) is 18.3 Å². The molecule has 0 spiro atoms. The van der Waals surface area contributed by atoms with Gasteiger partial charge in [-0.15, -0.1) is 0 Å². The van der Waals surface area contributed by atoms with Crippen LogP contribution < -0.4 is 10.1 Å². The van der Waals surface area contributed by atoms with Crippen LogP contribution in [0.2, 0.25) is 0 Å². The predicted octanol–water partition coefficient (Wildman–Crippen LogP) is 2.45. The number of halogens is 1. The van der Waals surface area contributed by atoms with Gasteiger partial charge in [0.05, 0.1) is 7.11 Å². The summed E-state index contributed by atoms with van der Waals surface area (Å²) in [6, 6.07) is 5.05. The first-order valence-corrected chi connectivity index (χ1v) is 6.26. The maximum absolute atomic E-state index is 13.3. The summed E-state index contributed by atoms with van der Waals surface area (Å²) in [7, 11) is 1.47. The second-order valence-corrected chi connectivity index (χ2v) is 4.36. The van der Waals surface area contributed by atoms with Crippen LogP contribution in [0.1, 0.15) is 24.4 Å². The van der Waals surface area contributed by atoms with Gasteiger partial charge in [-0.2, -0.15) is 0 Å². The Labute approximate surface area is 112 Å². The molecular formula is C14H18FN3O. The summed E-state index contributed by atoms with van der Waals surface area (Å²) in [6.07, 6.45) is 4.38. The predicted molar refractivity (Wildman–Crippen MR) is 71.7 cm³/mol. The van der Waals surface area contributed by atoms with Crippen molar-refractivity contribution in [2.75, 3.05) is 13.7 Å². The molecule has 4 nitrogen and oxygen atoms in total. The molecule has 0 bridgehead atoms. The first-order valence-electron chi connectivity index (χ1n) is 6.26. The fourth-order valence-corrected chi connectivity index (χ4v) is 1.91. The molecule has 0 radical (unpaired) electrons. The summed E-state index contributed by atoms with van der Waals surface area (Å²) in [6.45, 7) is 2.84. The van der Waals surface area contributed by atoms with Crippen LogP contribution in [-0.2, 0) is 6.42 Å². The highest BCUT2D eigenvalue weighted by Gasteiger charge is 2.09. The quantitative estimate of drug-likeness (QED) is 0.841. The Bertz CT molecular complexity index is 513. The van der Waals surface area contributed by atoms with E-state index in [1.165, 1.54) is 13.2 Å². The number of nitrogens with one attached hydrogen (secondary N) is 2. The topological polar surface area (TPSA) is 49.9 Å². The third-order valence-corrected chi connectivity index (χ3v) is 3.04. The van der Waals surface area contributed by atoms with Crippen LogP contribution in [0, 0.1) is 5.82 Å². The van der Waals surface area contributed by atoms with E-state index in [0.717, 1.165) is 24.4 Å². The van der Waals surface area contributed by atoms with Crippen LogP contribution in [0.4, 0.5) is 4.39 Å². The first-order chi connectivity index (χ1) is 9.20. The van der Waals surface area contributed by atoms with Gasteiger partial charge in [0.1, 0.15) is 5.82 Å². The molecule has 0 aliphatic rings. The van der Waals surface area contributed by atoms with E-state index in [-0.39, 0.29) is 17.6 Å². The van der Waals surface area contributed by atoms with Crippen LogP contribution in [0.3, 0.4) is 0 Å². The monoisotopic (exact) mass is 263 g/mol. The average molecular weight is 263 g/mol. The number of imidazole rings is 1. The maximum Gasteiger partial charge on any atom is 0.165 e. The van der Waals surface area contributed by atoms with Gasteiger partial charge in [0.2, 0.25) is 0 Å². The van der Waals surface area contributed by atoms with Crippen molar-refractivity contribution in [3.63, 3.8) is 0 Å². The molecule has 1 aromatic heterocycles. The van der Waals surface area contributed by atoms with Gasteiger partial charge in [0, 0.05) is 31.4 Å². The Hall–Kier alpha value is -1.88. The van der Waals surface area contributed by atoms with Crippen LogP contribution in [0.25, 0.3) is 0 Å². The number of benzene rings is 1. The summed E-state index contributed by atoms with van der Waals surface area (Å²) < 4.78 is 18.3. The molecule has 0 aliphatic heterocycles. The Morgan fingerprint density at radius 1 is 1.47 bits per heavy atom. The SMILES string of the molecule is COc1cc(C(C)NCCc2ncc[nH]2)ccc1F. The molecule has 0 aliphatic carbocycles. The van der Waals surface area contributed by atoms with E-state index in [2.05, 4.69) is 15.3 Å². The number of hydrogen-bond donors (Lipinski definition) is 2. The number of H-pyrrole nitrogens is 1. The Balaban J connectivity index is 1.90. The minimum absolute atomic E-state index is 0.129. The van der Waals surface area contributed by atoms with E-state index in [9.17, 15) is 4.39 Å². The van der Waals surface area contributed by atoms with Crippen molar-refractivity contribution in [2.24, 2.45) is 0 Å². The zero-order chi connectivity index (χ0) is 13.7. The standard InChI is InChI=1S/C14H18FN3O/c1-10(16-6-5-14-17-7-8-18-14)11-3-4-12(15)13(9-11)19-2/h3-4,7-10,16H,5-6H2,1-2H3,(H,17,18). The largest absolute Gasteiger partial charge is 0.494 e. The maximum atomic E-state index is 13.3. The van der Waals surface area contributed by atoms with Crippen LogP contribution >= 0.6 is 0 Å². The fourth-order valence-electron chi connectivity index (χ4n) is 1.91. The van der Waals surface area contributed by atoms with Gasteiger partial charge in [0.25, 0.3) is 0 Å². The molecule has 5 heteroatoms. The van der Waals surface area contributed by atoms with E-state index >= 15 is 0 Å². The molecule has 19 heavy (non-hydrogen) atoms. The molecule has 2 N–H and O–H groups in total. The van der Waals surface area contributed by atoms with Crippen LogP contribution in [0.5, 0.6) is 5.75 Å². The molecule has 1 atom stereocenters. The lowest BCUT2D eigenvalue weighted by Crippen LogP contribution is -2.21. The number of hydrogen-bond acceptors (Lipinski definition) is 3. The lowest BCUT2D eigenvalue weighted by atomic mass is 10.1. The number of rotatable bonds is 6. The van der Waals surface area contributed by atoms with Crippen molar-refractivity contribution in [3.05, 3.63) is 47.8 Å². The highest BCUT2D eigenvalue weighted by molar-refractivity contribution is 5.31. The first kappa shape index (κ1) is 13.5. The van der Waals surface area contributed by atoms with Crippen molar-refractivity contribution >= 4 is 0 Å². The van der Waals surface area contributed by atoms with Gasteiger partial charge in [0.15, 0.2) is 11.6 Å². The summed E-state index contributed by atoms with van der Waals surface area (Å²) >= 11 is 0. The number of nitrogens with zero attached hydrogens (tertiary/aromatic N) is 1. The highest BCUT2D eigenvalue weighted by atomic mass is 19.1. The zero-order valence-corrected chi connectivity index (χ0v) is 11.1. The minimum Gasteiger partial charge on any atom is -0.494 e. The molecule has 0 amide bonds. The molecule has 102 valence electrons. The van der Waals surface area contributed by atoms with Crippen molar-refractivity contribution in [1.82, 2.24) is 15.3 Å². The molecule has 1 unspecified atom stereocenters. The lowest BCUT2D eigenvalue weighted by Gasteiger charge is -2.15. The van der Waals surface area contributed by atoms with Gasteiger partial charge in [-0.1, -0.05) is 6.07 Å². The van der Waals surface area contributed by atoms with Crippen molar-refractivity contribution in [1.29, 1.82) is 0 Å². The van der Waals surface area contributed by atoms with Gasteiger partial charge in [-0.05, 0) is 24.6 Å². The second-order valence-electron chi connectivity index (χ2n) is 4.36. The van der Waals surface area contributed by atoms with E-state index in [1.807, 2.05) is 13.1 Å². The summed E-state index contributed by atoms with van der Waals surface area (Å²) in [5, 5.41) is 3.37. The Kier molecular flexibility index (Phi) is 4.52. The smallest absolute Gasteiger partial charge is 0.165 e. The zero-order valence-electron chi connectivity index (χ0n) is 11.1. The lowest BCUT2D eigenvalue weighted by molar-refractivity contribution is 0.385. The summed E-state index contributed by atoms with van der Waals surface area (Å²) in [5.41, 5.74) is 0.998. The van der Waals surface area contributed by atoms with Gasteiger partial charge in [-0.25, -0.2) is 9.37 Å². The minimum atomic E-state index is -0.339. The molecule has 0 fully saturated rings. The van der Waals surface area contributed by atoms with E-state index in [4.69, 9.17) is 4.74 Å². The van der Waals surface area contributed by atoms with Gasteiger partial charge in [-0.3, -0.25) is 0 Å². The van der Waals surface area contributed by atoms with Crippen molar-refractivity contribution in [3.8, 4) is 5.75 Å². The Morgan fingerprint density at radius 3 is 3.00 bits per heavy atom. The van der Waals surface area contributed by atoms with Crippen LogP contribution in [-0.4, -0.2) is 23.6 Å². The van der Waals surface area contributed by atoms with E-state index < -0.39 is 0 Å². The third-order valence-electron chi connectivity index (χ3n) is 3.04. The fraction of sp³-hybridized carbons (Fsp3) is 0.357. The van der Waals surface area contributed by atoms with Crippen molar-refractivity contribution < 1.29 is 9.13 Å².